The van der Waals surface area contributed by atoms with Gasteiger partial charge in [0.1, 0.15) is 4.88 Å². The highest BCUT2D eigenvalue weighted by Gasteiger charge is 2.37. The minimum atomic E-state index is -0.921. The summed E-state index contributed by atoms with van der Waals surface area (Å²) in [6.45, 7) is 5.00. The Bertz CT molecular complexity index is 859. The number of ether oxygens (including phenoxy) is 1. The molecule has 0 aromatic carbocycles. The molecule has 1 N–H and O–H groups in total. The number of hydrogen-bond donors (Lipinski definition) is 1. The second-order valence-corrected chi connectivity index (χ2v) is 11.2. The van der Waals surface area contributed by atoms with Gasteiger partial charge in [0.15, 0.2) is 0 Å². The average molecular weight is 474 g/mol. The van der Waals surface area contributed by atoms with Gasteiger partial charge in [-0.05, 0) is 102 Å². The molecule has 5 nitrogen and oxygen atoms in total. The normalized spacial score (nSPS) is 28.2. The number of carboxylic acid groups (broad SMARTS) is 1. The maximum absolute atomic E-state index is 14.0. The Morgan fingerprint density at radius 3 is 2.42 bits per heavy atom. The molecule has 0 aliphatic heterocycles. The molecule has 2 saturated carbocycles. The quantitative estimate of drug-likeness (QED) is 0.467. The van der Waals surface area contributed by atoms with E-state index >= 15 is 0 Å². The Morgan fingerprint density at radius 2 is 1.82 bits per heavy atom. The first-order chi connectivity index (χ1) is 16.0. The molecular weight excluding hydrogens is 434 g/mol. The molecule has 1 aromatic rings. The third kappa shape index (κ3) is 5.71. The van der Waals surface area contributed by atoms with Crippen molar-refractivity contribution >= 4 is 34.5 Å². The van der Waals surface area contributed by atoms with E-state index in [0.29, 0.717) is 23.1 Å². The van der Waals surface area contributed by atoms with Crippen LogP contribution in [0.4, 0.5) is 5.69 Å². The number of carboxylic acids is 1. The number of allylic oxidation sites excluding steroid dienone is 2. The summed E-state index contributed by atoms with van der Waals surface area (Å²) in [5.74, 6) is -0.101. The smallest absolute Gasteiger partial charge is 0.348 e. The van der Waals surface area contributed by atoms with Crippen LogP contribution in [0.15, 0.2) is 12.1 Å². The lowest BCUT2D eigenvalue weighted by atomic mass is 9.81. The molecule has 6 heteroatoms. The van der Waals surface area contributed by atoms with E-state index in [1.807, 2.05) is 17.9 Å². The number of thiophene rings is 1. The van der Waals surface area contributed by atoms with Gasteiger partial charge < -0.3 is 14.7 Å². The molecule has 1 amide bonds. The number of rotatable bonds is 7. The van der Waals surface area contributed by atoms with Gasteiger partial charge in [0.25, 0.3) is 0 Å². The standard InChI is InChI=1S/C27H39NO4S/c1-3-32-22-15-13-21(14-16-22)28(26(29)20-11-9-18(2)10-12-20)23-17-24(33-25(23)27(30)31)19-7-5-4-6-8-19/h7,17-18,20-22H,3-6,8-16H2,1-2H3,(H,30,31). The molecule has 1 heterocycles. The van der Waals surface area contributed by atoms with Gasteiger partial charge in [-0.1, -0.05) is 13.0 Å². The molecule has 0 saturated heterocycles. The summed E-state index contributed by atoms with van der Waals surface area (Å²) in [4.78, 5) is 29.6. The summed E-state index contributed by atoms with van der Waals surface area (Å²) < 4.78 is 5.85. The second kappa shape index (κ2) is 11.2. The summed E-state index contributed by atoms with van der Waals surface area (Å²) >= 11 is 1.35. The number of aromatic carboxylic acids is 1. The zero-order chi connectivity index (χ0) is 23.4. The first-order valence-electron chi connectivity index (χ1n) is 13.0. The van der Waals surface area contributed by atoms with Crippen LogP contribution >= 0.6 is 11.3 Å². The van der Waals surface area contributed by atoms with Crippen LogP contribution in [0, 0.1) is 11.8 Å². The minimum Gasteiger partial charge on any atom is -0.477 e. The van der Waals surface area contributed by atoms with Gasteiger partial charge in [-0.2, -0.15) is 0 Å². The molecular formula is C27H39NO4S. The van der Waals surface area contributed by atoms with E-state index in [9.17, 15) is 14.7 Å². The van der Waals surface area contributed by atoms with Crippen LogP contribution in [0.3, 0.4) is 0 Å². The first kappa shape index (κ1) is 24.5. The van der Waals surface area contributed by atoms with E-state index in [0.717, 1.165) is 75.5 Å². The molecule has 3 aliphatic rings. The molecule has 2 fully saturated rings. The van der Waals surface area contributed by atoms with Crippen molar-refractivity contribution in [2.45, 2.75) is 103 Å². The van der Waals surface area contributed by atoms with E-state index in [1.54, 1.807) is 0 Å². The average Bonchev–Trinajstić information content (AvgIpc) is 3.27. The first-order valence-corrected chi connectivity index (χ1v) is 13.8. The van der Waals surface area contributed by atoms with E-state index in [1.165, 1.54) is 23.3 Å². The van der Waals surface area contributed by atoms with Crippen molar-refractivity contribution in [3.8, 4) is 0 Å². The van der Waals surface area contributed by atoms with Gasteiger partial charge >= 0.3 is 5.97 Å². The van der Waals surface area contributed by atoms with Crippen molar-refractivity contribution in [3.05, 3.63) is 21.9 Å². The summed E-state index contributed by atoms with van der Waals surface area (Å²) in [6, 6.07) is 2.07. The van der Waals surface area contributed by atoms with Crippen molar-refractivity contribution in [3.63, 3.8) is 0 Å². The fourth-order valence-electron chi connectivity index (χ4n) is 5.84. The summed E-state index contributed by atoms with van der Waals surface area (Å²) in [6.07, 6.45) is 14.5. The van der Waals surface area contributed by atoms with Crippen molar-refractivity contribution in [2.24, 2.45) is 11.8 Å². The van der Waals surface area contributed by atoms with Crippen LogP contribution in [-0.2, 0) is 9.53 Å². The zero-order valence-electron chi connectivity index (χ0n) is 20.2. The van der Waals surface area contributed by atoms with Gasteiger partial charge in [0.05, 0.1) is 11.8 Å². The lowest BCUT2D eigenvalue weighted by Gasteiger charge is -2.39. The Balaban J connectivity index is 1.66. The lowest BCUT2D eigenvalue weighted by molar-refractivity contribution is -0.124. The van der Waals surface area contributed by atoms with E-state index < -0.39 is 5.97 Å². The minimum absolute atomic E-state index is 0.00436. The second-order valence-electron chi connectivity index (χ2n) is 10.2. The number of carbonyl (C=O) groups is 2. The zero-order valence-corrected chi connectivity index (χ0v) is 21.0. The van der Waals surface area contributed by atoms with Gasteiger partial charge in [-0.3, -0.25) is 4.79 Å². The van der Waals surface area contributed by atoms with Crippen LogP contribution in [0.5, 0.6) is 0 Å². The molecule has 182 valence electrons. The monoisotopic (exact) mass is 473 g/mol. The molecule has 0 unspecified atom stereocenters. The van der Waals surface area contributed by atoms with Crippen LogP contribution in [0.2, 0.25) is 0 Å². The SMILES string of the molecule is CCOC1CCC(N(C(=O)C2CCC(C)CC2)c2cc(C3=CCCCC3)sc2C(=O)O)CC1. The van der Waals surface area contributed by atoms with E-state index in [4.69, 9.17) is 4.74 Å². The van der Waals surface area contributed by atoms with Crippen LogP contribution in [0.25, 0.3) is 5.57 Å². The van der Waals surface area contributed by atoms with Crippen molar-refractivity contribution in [1.82, 2.24) is 0 Å². The molecule has 4 rings (SSSR count). The summed E-state index contributed by atoms with van der Waals surface area (Å²) in [5, 5.41) is 10.1. The number of anilines is 1. The summed E-state index contributed by atoms with van der Waals surface area (Å²) in [7, 11) is 0. The predicted octanol–water partition coefficient (Wildman–Crippen LogP) is 6.91. The Kier molecular flexibility index (Phi) is 8.29. The largest absolute Gasteiger partial charge is 0.477 e. The van der Waals surface area contributed by atoms with Gasteiger partial charge in [-0.15, -0.1) is 11.3 Å². The molecule has 1 aromatic heterocycles. The highest BCUT2D eigenvalue weighted by molar-refractivity contribution is 7.15. The third-order valence-corrected chi connectivity index (χ3v) is 8.98. The van der Waals surface area contributed by atoms with E-state index in [2.05, 4.69) is 13.0 Å². The maximum atomic E-state index is 14.0. The highest BCUT2D eigenvalue weighted by atomic mass is 32.1. The maximum Gasteiger partial charge on any atom is 0.348 e. The van der Waals surface area contributed by atoms with Crippen molar-refractivity contribution in [2.75, 3.05) is 11.5 Å². The molecule has 0 atom stereocenters. The predicted molar refractivity (Wildman–Crippen MR) is 134 cm³/mol. The topological polar surface area (TPSA) is 66.8 Å². The molecule has 0 bridgehead atoms. The Morgan fingerprint density at radius 1 is 1.09 bits per heavy atom. The van der Waals surface area contributed by atoms with Crippen molar-refractivity contribution in [1.29, 1.82) is 0 Å². The van der Waals surface area contributed by atoms with Gasteiger partial charge in [0, 0.05) is 23.4 Å². The summed E-state index contributed by atoms with van der Waals surface area (Å²) in [5.41, 5.74) is 1.89. The Labute approximate surface area is 202 Å². The van der Waals surface area contributed by atoms with Crippen LogP contribution in [0.1, 0.15) is 105 Å². The highest BCUT2D eigenvalue weighted by Crippen LogP contribution is 2.42. The lowest BCUT2D eigenvalue weighted by Crippen LogP contribution is -2.47. The molecule has 33 heavy (non-hydrogen) atoms. The third-order valence-electron chi connectivity index (χ3n) is 7.79. The fraction of sp³-hybridized carbons (Fsp3) is 0.704. The Hall–Kier alpha value is -1.66. The van der Waals surface area contributed by atoms with Crippen LogP contribution in [-0.4, -0.2) is 35.7 Å². The fourth-order valence-corrected chi connectivity index (χ4v) is 6.89. The number of hydrogen-bond acceptors (Lipinski definition) is 4. The number of carbonyl (C=O) groups excluding carboxylic acids is 1. The molecule has 3 aliphatic carbocycles. The molecule has 0 spiro atoms. The van der Waals surface area contributed by atoms with E-state index in [-0.39, 0.29) is 24.0 Å². The number of amides is 1. The van der Waals surface area contributed by atoms with Gasteiger partial charge in [0.2, 0.25) is 5.91 Å². The van der Waals surface area contributed by atoms with Gasteiger partial charge in [-0.25, -0.2) is 4.79 Å². The van der Waals surface area contributed by atoms with Crippen molar-refractivity contribution < 1.29 is 19.4 Å². The number of nitrogens with zero attached hydrogens (tertiary/aromatic N) is 1. The molecule has 0 radical (unpaired) electrons. The van der Waals surface area contributed by atoms with Crippen LogP contribution < -0.4 is 4.90 Å².